The first-order chi connectivity index (χ1) is 9.49. The van der Waals surface area contributed by atoms with Gasteiger partial charge in [0, 0.05) is 23.9 Å². The molecule has 6 heteroatoms. The number of nitrogens with one attached hydrogen (secondary N) is 1. The lowest BCUT2D eigenvalue weighted by molar-refractivity contribution is 0.603. The zero-order valence-corrected chi connectivity index (χ0v) is 13.2. The standard InChI is InChI=1S/C14H18N2O2S2/c1-15-10-12-9-11-5-3-4-6-13(11)16-14(12)19-7-8-20(2,17)18/h3-6,9,15H,7-8,10H2,1-2H3. The smallest absolute Gasteiger partial charge is 0.148 e. The van der Waals surface area contributed by atoms with E-state index in [0.29, 0.717) is 5.75 Å². The number of hydrogen-bond donors (Lipinski definition) is 1. The fourth-order valence-electron chi connectivity index (χ4n) is 1.87. The summed E-state index contributed by atoms with van der Waals surface area (Å²) in [6.07, 6.45) is 1.26. The highest BCUT2D eigenvalue weighted by Crippen LogP contribution is 2.25. The third-order valence-electron chi connectivity index (χ3n) is 2.82. The Hall–Kier alpha value is -1.11. The number of aromatic nitrogens is 1. The normalized spacial score (nSPS) is 11.9. The minimum atomic E-state index is -2.93. The Kier molecular flexibility index (Phi) is 5.01. The molecule has 0 radical (unpaired) electrons. The average Bonchev–Trinajstić information content (AvgIpc) is 2.38. The fraction of sp³-hybridized carbons (Fsp3) is 0.357. The van der Waals surface area contributed by atoms with Gasteiger partial charge in [-0.05, 0) is 24.7 Å². The molecule has 0 aliphatic carbocycles. The third-order valence-corrected chi connectivity index (χ3v) is 5.06. The molecule has 1 N–H and O–H groups in total. The Morgan fingerprint density at radius 1 is 1.30 bits per heavy atom. The maximum Gasteiger partial charge on any atom is 0.148 e. The fourth-order valence-corrected chi connectivity index (χ4v) is 4.09. The predicted octanol–water partition coefficient (Wildman–Crippen LogP) is 2.09. The zero-order valence-electron chi connectivity index (χ0n) is 11.6. The molecular weight excluding hydrogens is 292 g/mol. The molecule has 0 fully saturated rings. The molecule has 0 unspecified atom stereocenters. The Morgan fingerprint density at radius 2 is 2.05 bits per heavy atom. The molecule has 108 valence electrons. The first-order valence-corrected chi connectivity index (χ1v) is 9.38. The van der Waals surface area contributed by atoms with Crippen molar-refractivity contribution in [2.24, 2.45) is 0 Å². The van der Waals surface area contributed by atoms with E-state index < -0.39 is 9.84 Å². The van der Waals surface area contributed by atoms with Crippen LogP contribution in [0.15, 0.2) is 35.4 Å². The van der Waals surface area contributed by atoms with Gasteiger partial charge in [0.1, 0.15) is 14.9 Å². The SMILES string of the molecule is CNCc1cc2ccccc2nc1SCCS(C)(=O)=O. The lowest BCUT2D eigenvalue weighted by Crippen LogP contribution is -2.09. The number of pyridine rings is 1. The van der Waals surface area contributed by atoms with Crippen LogP contribution < -0.4 is 5.32 Å². The Labute approximate surface area is 123 Å². The summed E-state index contributed by atoms with van der Waals surface area (Å²) in [5.41, 5.74) is 2.04. The summed E-state index contributed by atoms with van der Waals surface area (Å²) in [4.78, 5) is 4.64. The van der Waals surface area contributed by atoms with Crippen molar-refractivity contribution in [2.45, 2.75) is 11.6 Å². The second-order valence-corrected chi connectivity index (χ2v) is 8.00. The molecule has 2 aromatic rings. The number of para-hydroxylation sites is 1. The molecule has 4 nitrogen and oxygen atoms in total. The predicted molar refractivity (Wildman–Crippen MR) is 84.9 cm³/mol. The molecule has 0 atom stereocenters. The van der Waals surface area contributed by atoms with E-state index in [1.54, 1.807) is 0 Å². The van der Waals surface area contributed by atoms with E-state index >= 15 is 0 Å². The van der Waals surface area contributed by atoms with E-state index in [1.807, 2.05) is 31.3 Å². The van der Waals surface area contributed by atoms with Crippen LogP contribution in [0, 0.1) is 0 Å². The summed E-state index contributed by atoms with van der Waals surface area (Å²) >= 11 is 1.50. The molecule has 20 heavy (non-hydrogen) atoms. The number of rotatable bonds is 6. The second kappa shape index (κ2) is 6.56. The van der Waals surface area contributed by atoms with Crippen molar-refractivity contribution in [3.8, 4) is 0 Å². The molecule has 0 aliphatic heterocycles. The van der Waals surface area contributed by atoms with E-state index in [0.717, 1.165) is 28.0 Å². The van der Waals surface area contributed by atoms with E-state index in [2.05, 4.69) is 16.4 Å². The van der Waals surface area contributed by atoms with Gasteiger partial charge in [0.2, 0.25) is 0 Å². The van der Waals surface area contributed by atoms with Crippen molar-refractivity contribution in [3.05, 3.63) is 35.9 Å². The van der Waals surface area contributed by atoms with Crippen molar-refractivity contribution in [1.82, 2.24) is 10.3 Å². The van der Waals surface area contributed by atoms with Crippen LogP contribution in [-0.4, -0.2) is 38.2 Å². The van der Waals surface area contributed by atoms with Crippen LogP contribution >= 0.6 is 11.8 Å². The summed E-state index contributed by atoms with van der Waals surface area (Å²) in [6, 6.07) is 10.1. The molecule has 2 rings (SSSR count). The van der Waals surface area contributed by atoms with Crippen molar-refractivity contribution in [1.29, 1.82) is 0 Å². The molecular formula is C14H18N2O2S2. The van der Waals surface area contributed by atoms with Gasteiger partial charge < -0.3 is 5.32 Å². The van der Waals surface area contributed by atoms with Crippen molar-refractivity contribution in [2.75, 3.05) is 24.8 Å². The number of nitrogens with zero attached hydrogens (tertiary/aromatic N) is 1. The summed E-state index contributed by atoms with van der Waals surface area (Å²) in [5.74, 6) is 0.700. The van der Waals surface area contributed by atoms with Crippen LogP contribution in [0.3, 0.4) is 0 Å². The average molecular weight is 310 g/mol. The molecule has 0 spiro atoms. The van der Waals surface area contributed by atoms with E-state index in [1.165, 1.54) is 18.0 Å². The van der Waals surface area contributed by atoms with Crippen molar-refractivity contribution >= 4 is 32.5 Å². The maximum atomic E-state index is 11.2. The largest absolute Gasteiger partial charge is 0.316 e. The minimum Gasteiger partial charge on any atom is -0.316 e. The lowest BCUT2D eigenvalue weighted by atomic mass is 10.1. The number of benzene rings is 1. The van der Waals surface area contributed by atoms with Gasteiger partial charge in [-0.2, -0.15) is 0 Å². The molecule has 0 aliphatic rings. The van der Waals surface area contributed by atoms with Crippen LogP contribution in [0.1, 0.15) is 5.56 Å². The Morgan fingerprint density at radius 3 is 2.75 bits per heavy atom. The van der Waals surface area contributed by atoms with Crippen LogP contribution in [0.2, 0.25) is 0 Å². The number of sulfone groups is 1. The Bertz CT molecular complexity index is 699. The van der Waals surface area contributed by atoms with Crippen LogP contribution in [0.4, 0.5) is 0 Å². The van der Waals surface area contributed by atoms with Gasteiger partial charge in [0.05, 0.1) is 11.3 Å². The zero-order chi connectivity index (χ0) is 14.6. The van der Waals surface area contributed by atoms with Gasteiger partial charge in [0.25, 0.3) is 0 Å². The summed E-state index contributed by atoms with van der Waals surface area (Å²) in [5, 5.41) is 5.13. The van der Waals surface area contributed by atoms with Crippen LogP contribution in [-0.2, 0) is 16.4 Å². The molecule has 1 heterocycles. The molecule has 0 saturated heterocycles. The monoisotopic (exact) mass is 310 g/mol. The highest BCUT2D eigenvalue weighted by Gasteiger charge is 2.09. The van der Waals surface area contributed by atoms with Crippen molar-refractivity contribution < 1.29 is 8.42 Å². The van der Waals surface area contributed by atoms with Crippen LogP contribution in [0.25, 0.3) is 10.9 Å². The molecule has 1 aromatic heterocycles. The van der Waals surface area contributed by atoms with E-state index in [-0.39, 0.29) is 5.75 Å². The maximum absolute atomic E-state index is 11.2. The van der Waals surface area contributed by atoms with Gasteiger partial charge in [-0.1, -0.05) is 18.2 Å². The van der Waals surface area contributed by atoms with Gasteiger partial charge >= 0.3 is 0 Å². The topological polar surface area (TPSA) is 59.1 Å². The third kappa shape index (κ3) is 4.19. The molecule has 1 aromatic carbocycles. The summed E-state index contributed by atoms with van der Waals surface area (Å²) in [7, 11) is -1.04. The van der Waals surface area contributed by atoms with Crippen molar-refractivity contribution in [3.63, 3.8) is 0 Å². The van der Waals surface area contributed by atoms with E-state index in [9.17, 15) is 8.42 Å². The minimum absolute atomic E-state index is 0.172. The number of fused-ring (bicyclic) bond motifs is 1. The summed E-state index contributed by atoms with van der Waals surface area (Å²) in [6.45, 7) is 0.721. The quantitative estimate of drug-likeness (QED) is 0.828. The number of thioether (sulfide) groups is 1. The van der Waals surface area contributed by atoms with Crippen LogP contribution in [0.5, 0.6) is 0 Å². The highest BCUT2D eigenvalue weighted by atomic mass is 32.2. The molecule has 0 amide bonds. The molecule has 0 bridgehead atoms. The number of hydrogen-bond acceptors (Lipinski definition) is 5. The second-order valence-electron chi connectivity index (χ2n) is 4.65. The van der Waals surface area contributed by atoms with Gasteiger partial charge in [-0.3, -0.25) is 0 Å². The first kappa shape index (κ1) is 15.3. The van der Waals surface area contributed by atoms with Gasteiger partial charge in [0.15, 0.2) is 0 Å². The lowest BCUT2D eigenvalue weighted by Gasteiger charge is -2.09. The van der Waals surface area contributed by atoms with E-state index in [4.69, 9.17) is 0 Å². The van der Waals surface area contributed by atoms with Gasteiger partial charge in [-0.15, -0.1) is 11.8 Å². The first-order valence-electron chi connectivity index (χ1n) is 6.33. The summed E-state index contributed by atoms with van der Waals surface area (Å²) < 4.78 is 22.4. The highest BCUT2D eigenvalue weighted by molar-refractivity contribution is 8.00. The molecule has 0 saturated carbocycles. The van der Waals surface area contributed by atoms with Gasteiger partial charge in [-0.25, -0.2) is 13.4 Å². The Balaban J connectivity index is 2.27.